The van der Waals surface area contributed by atoms with Crippen molar-refractivity contribution in [3.8, 4) is 0 Å². The van der Waals surface area contributed by atoms with Crippen molar-refractivity contribution in [2.45, 2.75) is 12.8 Å². The molecule has 1 aromatic rings. The van der Waals surface area contributed by atoms with E-state index in [0.29, 0.717) is 17.6 Å². The second-order valence-electron chi connectivity index (χ2n) is 3.42. The molecule has 5 heteroatoms. The first kappa shape index (κ1) is 13.1. The zero-order valence-electron chi connectivity index (χ0n) is 8.80. The monoisotopic (exact) mass is 288 g/mol. The molecule has 3 nitrogen and oxygen atoms in total. The molecule has 16 heavy (non-hydrogen) atoms. The summed E-state index contributed by atoms with van der Waals surface area (Å²) in [6.07, 6.45) is 1.02. The normalized spacial score (nSPS) is 10.2. The van der Waals surface area contributed by atoms with E-state index in [9.17, 15) is 9.18 Å². The van der Waals surface area contributed by atoms with Gasteiger partial charge in [-0.15, -0.1) is 0 Å². The van der Waals surface area contributed by atoms with Gasteiger partial charge in [-0.05, 0) is 46.6 Å². The molecule has 0 radical (unpaired) electrons. The lowest BCUT2D eigenvalue weighted by Crippen LogP contribution is -2.27. The highest BCUT2D eigenvalue weighted by Crippen LogP contribution is 2.16. The van der Waals surface area contributed by atoms with Crippen molar-refractivity contribution >= 4 is 21.8 Å². The third kappa shape index (κ3) is 4.28. The number of nitrogens with two attached hydrogens (primary N) is 1. The summed E-state index contributed by atoms with van der Waals surface area (Å²) in [5, 5.41) is 2.74. The van der Waals surface area contributed by atoms with Gasteiger partial charge in [0.25, 0.3) is 0 Å². The van der Waals surface area contributed by atoms with Gasteiger partial charge in [0.2, 0.25) is 5.91 Å². The van der Waals surface area contributed by atoms with Gasteiger partial charge in [0.15, 0.2) is 0 Å². The van der Waals surface area contributed by atoms with Crippen molar-refractivity contribution in [1.29, 1.82) is 0 Å². The van der Waals surface area contributed by atoms with Gasteiger partial charge >= 0.3 is 0 Å². The Bertz CT molecular complexity index is 371. The van der Waals surface area contributed by atoms with Crippen molar-refractivity contribution in [2.75, 3.05) is 13.1 Å². The van der Waals surface area contributed by atoms with Gasteiger partial charge in [0.05, 0.1) is 10.9 Å². The van der Waals surface area contributed by atoms with Gasteiger partial charge in [-0.25, -0.2) is 4.39 Å². The van der Waals surface area contributed by atoms with Crippen LogP contribution in [0.1, 0.15) is 12.0 Å². The standard InChI is InChI=1S/C11H14BrFN2O/c12-9-6-8(2-3-10(9)13)7-11(16)15-5-1-4-14/h2-3,6H,1,4-5,7,14H2,(H,15,16). The van der Waals surface area contributed by atoms with Crippen molar-refractivity contribution in [3.05, 3.63) is 34.1 Å². The minimum absolute atomic E-state index is 0.0769. The Morgan fingerprint density at radius 3 is 2.88 bits per heavy atom. The molecule has 3 N–H and O–H groups in total. The Morgan fingerprint density at radius 1 is 1.50 bits per heavy atom. The molecular weight excluding hydrogens is 275 g/mol. The summed E-state index contributed by atoms with van der Waals surface area (Å²) < 4.78 is 13.3. The van der Waals surface area contributed by atoms with Crippen molar-refractivity contribution in [3.63, 3.8) is 0 Å². The lowest BCUT2D eigenvalue weighted by atomic mass is 10.1. The number of hydrogen-bond acceptors (Lipinski definition) is 2. The molecule has 0 aliphatic rings. The Morgan fingerprint density at radius 2 is 2.25 bits per heavy atom. The van der Waals surface area contributed by atoms with Crippen molar-refractivity contribution in [2.24, 2.45) is 5.73 Å². The molecule has 0 aliphatic heterocycles. The molecule has 0 saturated carbocycles. The first-order chi connectivity index (χ1) is 7.63. The van der Waals surface area contributed by atoms with E-state index in [1.165, 1.54) is 6.07 Å². The quantitative estimate of drug-likeness (QED) is 0.809. The van der Waals surface area contributed by atoms with Crippen LogP contribution in [0, 0.1) is 5.82 Å². The molecule has 0 spiro atoms. The third-order valence-electron chi connectivity index (χ3n) is 2.05. The van der Waals surface area contributed by atoms with Crippen LogP contribution in [-0.2, 0) is 11.2 Å². The third-order valence-corrected chi connectivity index (χ3v) is 2.66. The van der Waals surface area contributed by atoms with E-state index >= 15 is 0 Å². The number of rotatable bonds is 5. The zero-order valence-corrected chi connectivity index (χ0v) is 10.4. The van der Waals surface area contributed by atoms with Crippen molar-refractivity contribution < 1.29 is 9.18 Å². The molecule has 88 valence electrons. The van der Waals surface area contributed by atoms with Crippen LogP contribution in [0.25, 0.3) is 0 Å². The van der Waals surface area contributed by atoms with Gasteiger partial charge in [0.1, 0.15) is 5.82 Å². The van der Waals surface area contributed by atoms with Crippen LogP contribution in [0.2, 0.25) is 0 Å². The minimum Gasteiger partial charge on any atom is -0.356 e. The number of benzene rings is 1. The molecule has 0 heterocycles. The Balaban J connectivity index is 2.46. The van der Waals surface area contributed by atoms with Crippen LogP contribution in [-0.4, -0.2) is 19.0 Å². The number of amides is 1. The second-order valence-corrected chi connectivity index (χ2v) is 4.27. The highest BCUT2D eigenvalue weighted by atomic mass is 79.9. The van der Waals surface area contributed by atoms with E-state index in [1.807, 2.05) is 0 Å². The summed E-state index contributed by atoms with van der Waals surface area (Å²) in [5.74, 6) is -0.403. The Hall–Kier alpha value is -0.940. The van der Waals surface area contributed by atoms with Gasteiger partial charge in [-0.3, -0.25) is 4.79 Å². The second kappa shape index (κ2) is 6.60. The van der Waals surface area contributed by atoms with Crippen molar-refractivity contribution in [1.82, 2.24) is 5.32 Å². The first-order valence-corrected chi connectivity index (χ1v) is 5.83. The Kier molecular flexibility index (Phi) is 5.42. The molecule has 0 atom stereocenters. The average Bonchev–Trinajstić information content (AvgIpc) is 2.24. The lowest BCUT2D eigenvalue weighted by Gasteiger charge is -2.05. The maximum absolute atomic E-state index is 12.9. The molecule has 1 amide bonds. The van der Waals surface area contributed by atoms with E-state index in [-0.39, 0.29) is 18.1 Å². The summed E-state index contributed by atoms with van der Waals surface area (Å²) in [7, 11) is 0. The van der Waals surface area contributed by atoms with Crippen LogP contribution < -0.4 is 11.1 Å². The van der Waals surface area contributed by atoms with Crippen LogP contribution in [0.4, 0.5) is 4.39 Å². The molecule has 0 unspecified atom stereocenters. The molecule has 0 saturated heterocycles. The maximum atomic E-state index is 12.9. The number of carbonyl (C=O) groups is 1. The first-order valence-electron chi connectivity index (χ1n) is 5.04. The summed E-state index contributed by atoms with van der Waals surface area (Å²) in [5.41, 5.74) is 6.08. The minimum atomic E-state index is -0.327. The van der Waals surface area contributed by atoms with Gasteiger partial charge < -0.3 is 11.1 Å². The fraction of sp³-hybridized carbons (Fsp3) is 0.364. The maximum Gasteiger partial charge on any atom is 0.224 e. The highest BCUT2D eigenvalue weighted by Gasteiger charge is 2.05. The smallest absolute Gasteiger partial charge is 0.224 e. The number of nitrogens with one attached hydrogen (secondary N) is 1. The SMILES string of the molecule is NCCCNC(=O)Cc1ccc(F)c(Br)c1. The topological polar surface area (TPSA) is 55.1 Å². The number of hydrogen-bond donors (Lipinski definition) is 2. The number of carbonyl (C=O) groups excluding carboxylic acids is 1. The van der Waals surface area contributed by atoms with Gasteiger partial charge in [-0.1, -0.05) is 6.07 Å². The van der Waals surface area contributed by atoms with Crippen LogP contribution >= 0.6 is 15.9 Å². The fourth-order valence-electron chi connectivity index (χ4n) is 1.23. The van der Waals surface area contributed by atoms with E-state index in [1.54, 1.807) is 12.1 Å². The Labute approximate surface area is 102 Å². The predicted molar refractivity (Wildman–Crippen MR) is 64.5 cm³/mol. The summed E-state index contributed by atoms with van der Waals surface area (Å²) in [6.45, 7) is 1.14. The van der Waals surface area contributed by atoms with E-state index in [0.717, 1.165) is 12.0 Å². The molecule has 0 aromatic heterocycles. The van der Waals surface area contributed by atoms with Crippen LogP contribution in [0.3, 0.4) is 0 Å². The van der Waals surface area contributed by atoms with Gasteiger partial charge in [0, 0.05) is 6.54 Å². The van der Waals surface area contributed by atoms with E-state index in [4.69, 9.17) is 5.73 Å². The highest BCUT2D eigenvalue weighted by molar-refractivity contribution is 9.10. The average molecular weight is 289 g/mol. The largest absolute Gasteiger partial charge is 0.356 e. The summed E-state index contributed by atoms with van der Waals surface area (Å²) in [4.78, 5) is 11.4. The molecular formula is C11H14BrFN2O. The molecule has 0 bridgehead atoms. The molecule has 1 rings (SSSR count). The fourth-order valence-corrected chi connectivity index (χ4v) is 1.65. The van der Waals surface area contributed by atoms with Crippen LogP contribution in [0.15, 0.2) is 22.7 Å². The molecule has 0 aliphatic carbocycles. The zero-order chi connectivity index (χ0) is 12.0. The van der Waals surface area contributed by atoms with E-state index in [2.05, 4.69) is 21.2 Å². The van der Waals surface area contributed by atoms with Gasteiger partial charge in [-0.2, -0.15) is 0 Å². The van der Waals surface area contributed by atoms with Crippen LogP contribution in [0.5, 0.6) is 0 Å². The molecule has 1 aromatic carbocycles. The summed E-state index contributed by atoms with van der Waals surface area (Å²) in [6, 6.07) is 4.55. The summed E-state index contributed by atoms with van der Waals surface area (Å²) >= 11 is 3.08. The number of halogens is 2. The molecule has 0 fully saturated rings. The predicted octanol–water partition coefficient (Wildman–Crippen LogP) is 1.60. The van der Waals surface area contributed by atoms with E-state index < -0.39 is 0 Å². The lowest BCUT2D eigenvalue weighted by molar-refractivity contribution is -0.120.